The molecule has 0 aliphatic heterocycles. The number of benzene rings is 2. The molecule has 2 rings (SSSR count). The van der Waals surface area contributed by atoms with Gasteiger partial charge in [0.15, 0.2) is 12.4 Å². The maximum atomic E-state index is 12.3. The minimum Gasteiger partial charge on any atom is -0.456 e. The summed E-state index contributed by atoms with van der Waals surface area (Å²) in [6.45, 7) is 3.22. The van der Waals surface area contributed by atoms with Crippen LogP contribution in [0.4, 0.5) is 4.79 Å². The van der Waals surface area contributed by atoms with Gasteiger partial charge in [0.2, 0.25) is 0 Å². The van der Waals surface area contributed by atoms with Crippen molar-refractivity contribution in [2.75, 3.05) is 6.61 Å². The Labute approximate surface area is 172 Å². The molecule has 1 N–H and O–H groups in total. The Hall–Kier alpha value is -2.67. The second-order valence-electron chi connectivity index (χ2n) is 6.47. The van der Waals surface area contributed by atoms with Crippen LogP contribution in [-0.2, 0) is 20.9 Å². The van der Waals surface area contributed by atoms with Crippen LogP contribution in [0.2, 0.25) is 0 Å². The lowest BCUT2D eigenvalue weighted by molar-refractivity contribution is -0.146. The highest BCUT2D eigenvalue weighted by Gasteiger charge is 2.27. The van der Waals surface area contributed by atoms with Crippen LogP contribution < -0.4 is 5.32 Å². The smallest absolute Gasteiger partial charge is 0.408 e. The van der Waals surface area contributed by atoms with Crippen LogP contribution in [0.5, 0.6) is 0 Å². The summed E-state index contributed by atoms with van der Waals surface area (Å²) in [5.41, 5.74) is 1.27. The number of amides is 1. The second kappa shape index (κ2) is 10.6. The first-order valence-corrected chi connectivity index (χ1v) is 9.58. The molecule has 6 nitrogen and oxygen atoms in total. The molecule has 2 aromatic rings. The van der Waals surface area contributed by atoms with Gasteiger partial charge in [0.1, 0.15) is 12.6 Å². The standard InChI is InChI=1S/C21H22BrNO5/c1-14(2)19(23-21(26)28-12-15-6-4-3-5-7-15)20(25)27-13-18(24)16-8-10-17(22)11-9-16/h3-11,14,19H,12-13H2,1-2H3,(H,23,26)/t19-/m0/s1. The van der Waals surface area contributed by atoms with E-state index in [4.69, 9.17) is 9.47 Å². The summed E-state index contributed by atoms with van der Waals surface area (Å²) < 4.78 is 11.1. The van der Waals surface area contributed by atoms with Crippen LogP contribution in [0, 0.1) is 5.92 Å². The lowest BCUT2D eigenvalue weighted by Crippen LogP contribution is -2.45. The summed E-state index contributed by atoms with van der Waals surface area (Å²) in [4.78, 5) is 36.5. The van der Waals surface area contributed by atoms with E-state index in [2.05, 4.69) is 21.2 Å². The number of hydrogen-bond donors (Lipinski definition) is 1. The molecule has 0 bridgehead atoms. The highest BCUT2D eigenvalue weighted by molar-refractivity contribution is 9.10. The van der Waals surface area contributed by atoms with Crippen LogP contribution >= 0.6 is 15.9 Å². The first kappa shape index (κ1) is 21.6. The Morgan fingerprint density at radius 2 is 1.61 bits per heavy atom. The largest absolute Gasteiger partial charge is 0.456 e. The third kappa shape index (κ3) is 6.81. The van der Waals surface area contributed by atoms with Crippen molar-refractivity contribution in [3.8, 4) is 0 Å². The number of rotatable bonds is 8. The highest BCUT2D eigenvalue weighted by atomic mass is 79.9. The van der Waals surface area contributed by atoms with E-state index in [1.165, 1.54) is 0 Å². The SMILES string of the molecule is CC(C)[C@H](NC(=O)OCc1ccccc1)C(=O)OCC(=O)c1ccc(Br)cc1. The van der Waals surface area contributed by atoms with Crippen LogP contribution in [0.3, 0.4) is 0 Å². The summed E-state index contributed by atoms with van der Waals surface area (Å²) >= 11 is 3.29. The molecule has 0 radical (unpaired) electrons. The summed E-state index contributed by atoms with van der Waals surface area (Å²) in [7, 11) is 0. The van der Waals surface area contributed by atoms with E-state index < -0.39 is 24.7 Å². The lowest BCUT2D eigenvalue weighted by atomic mass is 10.1. The minimum atomic E-state index is -0.916. The van der Waals surface area contributed by atoms with Crippen LogP contribution in [-0.4, -0.2) is 30.5 Å². The van der Waals surface area contributed by atoms with Gasteiger partial charge in [-0.25, -0.2) is 9.59 Å². The number of ketones is 1. The number of alkyl carbamates (subject to hydrolysis) is 1. The fourth-order valence-corrected chi connectivity index (χ4v) is 2.60. The van der Waals surface area contributed by atoms with Gasteiger partial charge in [-0.15, -0.1) is 0 Å². The Bertz CT molecular complexity index is 805. The molecule has 0 saturated heterocycles. The molecule has 0 aliphatic carbocycles. The van der Waals surface area contributed by atoms with Gasteiger partial charge in [-0.2, -0.15) is 0 Å². The van der Waals surface area contributed by atoms with Crippen molar-refractivity contribution < 1.29 is 23.9 Å². The van der Waals surface area contributed by atoms with Crippen molar-refractivity contribution in [1.29, 1.82) is 0 Å². The van der Waals surface area contributed by atoms with Crippen LogP contribution in [0.1, 0.15) is 29.8 Å². The zero-order valence-electron chi connectivity index (χ0n) is 15.7. The predicted octanol–water partition coefficient (Wildman–Crippen LogP) is 4.13. The number of hydrogen-bond acceptors (Lipinski definition) is 5. The van der Waals surface area contributed by atoms with E-state index in [1.807, 2.05) is 30.3 Å². The van der Waals surface area contributed by atoms with Gasteiger partial charge in [0.05, 0.1) is 0 Å². The Morgan fingerprint density at radius 1 is 0.964 bits per heavy atom. The van der Waals surface area contributed by atoms with E-state index in [-0.39, 0.29) is 18.3 Å². The van der Waals surface area contributed by atoms with Crippen molar-refractivity contribution in [3.63, 3.8) is 0 Å². The average molecular weight is 448 g/mol. The van der Waals surface area contributed by atoms with Gasteiger partial charge in [0, 0.05) is 10.0 Å². The van der Waals surface area contributed by atoms with Crippen molar-refractivity contribution in [2.24, 2.45) is 5.92 Å². The second-order valence-corrected chi connectivity index (χ2v) is 7.38. The molecule has 7 heteroatoms. The molecular weight excluding hydrogens is 426 g/mol. The molecule has 0 spiro atoms. The maximum Gasteiger partial charge on any atom is 0.408 e. The van der Waals surface area contributed by atoms with Crippen LogP contribution in [0.25, 0.3) is 0 Å². The van der Waals surface area contributed by atoms with Crippen molar-refractivity contribution >= 4 is 33.8 Å². The van der Waals surface area contributed by atoms with Crippen molar-refractivity contribution in [1.82, 2.24) is 5.32 Å². The lowest BCUT2D eigenvalue weighted by Gasteiger charge is -2.20. The van der Waals surface area contributed by atoms with Gasteiger partial charge in [-0.3, -0.25) is 4.79 Å². The first-order valence-electron chi connectivity index (χ1n) is 8.79. The quantitative estimate of drug-likeness (QED) is 0.485. The van der Waals surface area contributed by atoms with E-state index >= 15 is 0 Å². The Kier molecular flexibility index (Phi) is 8.19. The maximum absolute atomic E-state index is 12.3. The van der Waals surface area contributed by atoms with E-state index in [0.717, 1.165) is 10.0 Å². The van der Waals surface area contributed by atoms with Gasteiger partial charge in [-0.1, -0.05) is 72.2 Å². The van der Waals surface area contributed by atoms with Gasteiger partial charge < -0.3 is 14.8 Å². The molecular formula is C21H22BrNO5. The molecule has 0 saturated carbocycles. The number of ether oxygens (including phenoxy) is 2. The number of carbonyl (C=O) groups excluding carboxylic acids is 3. The number of esters is 1. The summed E-state index contributed by atoms with van der Waals surface area (Å²) in [5, 5.41) is 2.50. The molecule has 1 atom stereocenters. The molecule has 0 heterocycles. The number of Topliss-reactive ketones (excluding diaryl/α,β-unsaturated/α-hetero) is 1. The first-order chi connectivity index (χ1) is 13.4. The normalized spacial score (nSPS) is 11.6. The van der Waals surface area contributed by atoms with Crippen LogP contribution in [0.15, 0.2) is 59.1 Å². The predicted molar refractivity (Wildman–Crippen MR) is 108 cm³/mol. The molecule has 2 aromatic carbocycles. The number of halogens is 1. The zero-order chi connectivity index (χ0) is 20.5. The fraction of sp³-hybridized carbons (Fsp3) is 0.286. The van der Waals surface area contributed by atoms with E-state index in [0.29, 0.717) is 5.56 Å². The molecule has 0 aromatic heterocycles. The van der Waals surface area contributed by atoms with E-state index in [1.54, 1.807) is 38.1 Å². The summed E-state index contributed by atoms with van der Waals surface area (Å²) in [6, 6.07) is 15.0. The molecule has 0 aliphatic rings. The highest BCUT2D eigenvalue weighted by Crippen LogP contribution is 2.12. The number of nitrogens with one attached hydrogen (secondary N) is 1. The van der Waals surface area contributed by atoms with Crippen molar-refractivity contribution in [2.45, 2.75) is 26.5 Å². The third-order valence-electron chi connectivity index (χ3n) is 3.92. The zero-order valence-corrected chi connectivity index (χ0v) is 17.3. The van der Waals surface area contributed by atoms with Gasteiger partial charge in [-0.05, 0) is 23.6 Å². The molecule has 1 amide bonds. The molecule has 0 unspecified atom stereocenters. The minimum absolute atomic E-state index is 0.0919. The molecule has 0 fully saturated rings. The monoisotopic (exact) mass is 447 g/mol. The third-order valence-corrected chi connectivity index (χ3v) is 4.45. The Morgan fingerprint density at radius 3 is 2.21 bits per heavy atom. The van der Waals surface area contributed by atoms with Gasteiger partial charge >= 0.3 is 12.1 Å². The average Bonchev–Trinajstić information content (AvgIpc) is 2.69. The summed E-state index contributed by atoms with van der Waals surface area (Å²) in [5.74, 6) is -1.24. The molecule has 28 heavy (non-hydrogen) atoms. The molecule has 148 valence electrons. The van der Waals surface area contributed by atoms with Gasteiger partial charge in [0.25, 0.3) is 0 Å². The fourth-order valence-electron chi connectivity index (χ4n) is 2.34. The van der Waals surface area contributed by atoms with Crippen molar-refractivity contribution in [3.05, 3.63) is 70.2 Å². The summed E-state index contributed by atoms with van der Waals surface area (Å²) in [6.07, 6.45) is -0.723. The number of carbonyl (C=O) groups is 3. The topological polar surface area (TPSA) is 81.7 Å². The Balaban J connectivity index is 1.85. The van der Waals surface area contributed by atoms with E-state index in [9.17, 15) is 14.4 Å².